The first-order valence-electron chi connectivity index (χ1n) is 4.86. The highest BCUT2D eigenvalue weighted by Gasteiger charge is 2.14. The summed E-state index contributed by atoms with van der Waals surface area (Å²) in [6.45, 7) is 7.88. The maximum Gasteiger partial charge on any atom is 0.00794 e. The van der Waals surface area contributed by atoms with E-state index in [0.29, 0.717) is 11.8 Å². The lowest BCUT2D eigenvalue weighted by Gasteiger charge is -2.17. The van der Waals surface area contributed by atoms with Crippen molar-refractivity contribution in [2.24, 2.45) is 5.92 Å². The monoisotopic (exact) mass is 197 g/mol. The summed E-state index contributed by atoms with van der Waals surface area (Å²) in [6, 6.07) is 4.47. The van der Waals surface area contributed by atoms with Gasteiger partial charge in [-0.25, -0.2) is 0 Å². The first-order chi connectivity index (χ1) is 6.15. The van der Waals surface area contributed by atoms with E-state index in [4.69, 9.17) is 0 Å². The standard InChI is InChI=1S/C11H19NS/c1-8(7-12-4)10(3)11-6-5-9(2)13-11/h5-6,8,10,12H,7H2,1-4H3. The lowest BCUT2D eigenvalue weighted by atomic mass is 9.94. The van der Waals surface area contributed by atoms with Crippen LogP contribution < -0.4 is 5.32 Å². The van der Waals surface area contributed by atoms with E-state index < -0.39 is 0 Å². The van der Waals surface area contributed by atoms with Crippen molar-refractivity contribution in [1.29, 1.82) is 0 Å². The SMILES string of the molecule is CNCC(C)C(C)c1ccc(C)s1. The van der Waals surface area contributed by atoms with Gasteiger partial charge in [0, 0.05) is 9.75 Å². The highest BCUT2D eigenvalue weighted by atomic mass is 32.1. The molecule has 1 heterocycles. The van der Waals surface area contributed by atoms with Crippen LogP contribution in [0.2, 0.25) is 0 Å². The lowest BCUT2D eigenvalue weighted by Crippen LogP contribution is -2.20. The molecular weight excluding hydrogens is 178 g/mol. The molecule has 1 rings (SSSR count). The second-order valence-electron chi connectivity index (χ2n) is 3.77. The van der Waals surface area contributed by atoms with Gasteiger partial charge in [0.1, 0.15) is 0 Å². The molecule has 0 aromatic carbocycles. The average molecular weight is 197 g/mol. The second-order valence-corrected chi connectivity index (χ2v) is 5.09. The van der Waals surface area contributed by atoms with Gasteiger partial charge in [0.25, 0.3) is 0 Å². The van der Waals surface area contributed by atoms with Crippen LogP contribution in [0, 0.1) is 12.8 Å². The number of nitrogens with one attached hydrogen (secondary N) is 1. The number of hydrogen-bond acceptors (Lipinski definition) is 2. The summed E-state index contributed by atoms with van der Waals surface area (Å²) >= 11 is 1.92. The molecule has 0 aliphatic heterocycles. The van der Waals surface area contributed by atoms with Crippen LogP contribution in [0.1, 0.15) is 29.5 Å². The van der Waals surface area contributed by atoms with Crippen LogP contribution in [0.3, 0.4) is 0 Å². The van der Waals surface area contributed by atoms with Gasteiger partial charge in [-0.1, -0.05) is 13.8 Å². The minimum Gasteiger partial charge on any atom is -0.319 e. The molecule has 2 atom stereocenters. The zero-order valence-electron chi connectivity index (χ0n) is 8.92. The van der Waals surface area contributed by atoms with Crippen LogP contribution in [-0.4, -0.2) is 13.6 Å². The first-order valence-corrected chi connectivity index (χ1v) is 5.67. The maximum atomic E-state index is 3.23. The Labute approximate surface area is 85.2 Å². The summed E-state index contributed by atoms with van der Waals surface area (Å²) in [7, 11) is 2.02. The molecule has 0 aliphatic rings. The summed E-state index contributed by atoms with van der Waals surface area (Å²) < 4.78 is 0. The third-order valence-corrected chi connectivity index (χ3v) is 3.79. The fraction of sp³-hybridized carbons (Fsp3) is 0.636. The van der Waals surface area contributed by atoms with Crippen molar-refractivity contribution in [3.63, 3.8) is 0 Å². The van der Waals surface area contributed by atoms with Crippen LogP contribution in [0.25, 0.3) is 0 Å². The topological polar surface area (TPSA) is 12.0 Å². The minimum atomic E-state index is 0.672. The molecule has 0 fully saturated rings. The smallest absolute Gasteiger partial charge is 0.00794 e. The molecule has 1 aromatic heterocycles. The molecular formula is C11H19NS. The van der Waals surface area contributed by atoms with Crippen molar-refractivity contribution in [1.82, 2.24) is 5.32 Å². The van der Waals surface area contributed by atoms with Crippen LogP contribution in [-0.2, 0) is 0 Å². The van der Waals surface area contributed by atoms with Gasteiger partial charge in [-0.2, -0.15) is 0 Å². The van der Waals surface area contributed by atoms with Gasteiger partial charge in [0.05, 0.1) is 0 Å². The summed E-state index contributed by atoms with van der Waals surface area (Å²) in [4.78, 5) is 2.93. The van der Waals surface area contributed by atoms with Gasteiger partial charge in [0.15, 0.2) is 0 Å². The average Bonchev–Trinajstić information content (AvgIpc) is 2.51. The quantitative estimate of drug-likeness (QED) is 0.782. The highest BCUT2D eigenvalue weighted by Crippen LogP contribution is 2.29. The number of aryl methyl sites for hydroxylation is 1. The van der Waals surface area contributed by atoms with Crippen molar-refractivity contribution in [2.75, 3.05) is 13.6 Å². The Hall–Kier alpha value is -0.340. The fourth-order valence-electron chi connectivity index (χ4n) is 1.48. The van der Waals surface area contributed by atoms with E-state index in [1.807, 2.05) is 18.4 Å². The Morgan fingerprint density at radius 3 is 2.54 bits per heavy atom. The zero-order chi connectivity index (χ0) is 9.84. The molecule has 74 valence electrons. The molecule has 1 aromatic rings. The van der Waals surface area contributed by atoms with Crippen LogP contribution in [0.15, 0.2) is 12.1 Å². The molecule has 13 heavy (non-hydrogen) atoms. The highest BCUT2D eigenvalue weighted by molar-refractivity contribution is 7.12. The molecule has 0 radical (unpaired) electrons. The zero-order valence-corrected chi connectivity index (χ0v) is 9.74. The Kier molecular flexibility index (Phi) is 3.94. The molecule has 1 N–H and O–H groups in total. The first kappa shape index (κ1) is 10.7. The van der Waals surface area contributed by atoms with Crippen molar-refractivity contribution < 1.29 is 0 Å². The predicted octanol–water partition coefficient (Wildman–Crippen LogP) is 3.02. The van der Waals surface area contributed by atoms with Crippen molar-refractivity contribution in [3.05, 3.63) is 21.9 Å². The Balaban J connectivity index is 2.61. The summed E-state index contributed by atoms with van der Waals surface area (Å²) in [5.41, 5.74) is 0. The third-order valence-electron chi connectivity index (χ3n) is 2.59. The number of thiophene rings is 1. The minimum absolute atomic E-state index is 0.672. The maximum absolute atomic E-state index is 3.23. The van der Waals surface area contributed by atoms with Crippen LogP contribution in [0.5, 0.6) is 0 Å². The van der Waals surface area contributed by atoms with Gasteiger partial charge >= 0.3 is 0 Å². The normalized spacial score (nSPS) is 15.7. The van der Waals surface area contributed by atoms with Gasteiger partial charge in [-0.05, 0) is 44.5 Å². The number of hydrogen-bond donors (Lipinski definition) is 1. The molecule has 2 unspecified atom stereocenters. The summed E-state index contributed by atoms with van der Waals surface area (Å²) in [6.07, 6.45) is 0. The van der Waals surface area contributed by atoms with Gasteiger partial charge < -0.3 is 5.32 Å². The van der Waals surface area contributed by atoms with Gasteiger partial charge in [0.2, 0.25) is 0 Å². The van der Waals surface area contributed by atoms with E-state index in [1.165, 1.54) is 9.75 Å². The molecule has 0 spiro atoms. The van der Waals surface area contributed by atoms with E-state index in [1.54, 1.807) is 0 Å². The second kappa shape index (κ2) is 4.77. The van der Waals surface area contributed by atoms with Crippen molar-refractivity contribution >= 4 is 11.3 Å². The third kappa shape index (κ3) is 2.82. The van der Waals surface area contributed by atoms with Gasteiger partial charge in [-0.15, -0.1) is 11.3 Å². The summed E-state index contributed by atoms with van der Waals surface area (Å²) in [5, 5.41) is 3.23. The van der Waals surface area contributed by atoms with E-state index in [-0.39, 0.29) is 0 Å². The molecule has 0 aliphatic carbocycles. The Morgan fingerprint density at radius 2 is 2.08 bits per heavy atom. The molecule has 0 bridgehead atoms. The van der Waals surface area contributed by atoms with Crippen molar-refractivity contribution in [2.45, 2.75) is 26.7 Å². The summed E-state index contributed by atoms with van der Waals surface area (Å²) in [5.74, 6) is 1.38. The Bertz CT molecular complexity index is 254. The largest absolute Gasteiger partial charge is 0.319 e. The molecule has 1 nitrogen and oxygen atoms in total. The van der Waals surface area contributed by atoms with Crippen LogP contribution >= 0.6 is 11.3 Å². The van der Waals surface area contributed by atoms with E-state index >= 15 is 0 Å². The molecule has 0 saturated heterocycles. The van der Waals surface area contributed by atoms with Gasteiger partial charge in [-0.3, -0.25) is 0 Å². The molecule has 0 saturated carbocycles. The number of rotatable bonds is 4. The fourth-order valence-corrected chi connectivity index (χ4v) is 2.54. The Morgan fingerprint density at radius 1 is 1.38 bits per heavy atom. The van der Waals surface area contributed by atoms with E-state index in [0.717, 1.165) is 6.54 Å². The molecule has 0 amide bonds. The van der Waals surface area contributed by atoms with Crippen molar-refractivity contribution in [3.8, 4) is 0 Å². The van der Waals surface area contributed by atoms with E-state index in [9.17, 15) is 0 Å². The lowest BCUT2D eigenvalue weighted by molar-refractivity contribution is 0.471. The predicted molar refractivity (Wildman–Crippen MR) is 60.6 cm³/mol. The van der Waals surface area contributed by atoms with E-state index in [2.05, 4.69) is 38.2 Å². The van der Waals surface area contributed by atoms with Crippen LogP contribution in [0.4, 0.5) is 0 Å². The molecule has 2 heteroatoms.